The van der Waals surface area contributed by atoms with Gasteiger partial charge in [0, 0.05) is 50.2 Å². The minimum absolute atomic E-state index is 0.117. The highest BCUT2D eigenvalue weighted by Crippen LogP contribution is 2.38. The molecule has 13 heteroatoms. The molecule has 12 nitrogen and oxygen atoms in total. The summed E-state index contributed by atoms with van der Waals surface area (Å²) in [6.45, 7) is 13.6. The summed E-state index contributed by atoms with van der Waals surface area (Å²) in [6.07, 6.45) is 8.66. The topological polar surface area (TPSA) is 154 Å². The summed E-state index contributed by atoms with van der Waals surface area (Å²) in [6, 6.07) is 4.01. The van der Waals surface area contributed by atoms with Crippen LogP contribution in [-0.4, -0.2) is 77.7 Å². The fourth-order valence-corrected chi connectivity index (χ4v) is 7.01. The molecule has 2 aromatic rings. The monoisotopic (exact) mass is 656 g/mol. The highest BCUT2D eigenvalue weighted by atomic mass is 32.2. The number of aliphatic hydroxyl groups is 1. The van der Waals surface area contributed by atoms with E-state index in [4.69, 9.17) is 15.1 Å². The molecule has 3 N–H and O–H groups in total. The number of nitrogens with one attached hydrogen (secondary N) is 2. The first kappa shape index (κ1) is 35.7. The standard InChI is InChI=1S/C33H52N8O4S/c1-7-8-9-10-11-12-19-46(44,45)34-22-23(2)31-37-32-29(30(33(4,5)6)38-41(32)39-31)36-26-20-25-15-13-16-40(17-14-18-42)28(25)21-27(26)35-24(3)43/h20-21,23,34,42H,7-19,22H2,1-6H3,(H,35,43)/b36-29-. The lowest BCUT2D eigenvalue weighted by atomic mass is 9.87. The Hall–Kier alpha value is -3.16. The van der Waals surface area contributed by atoms with Crippen molar-refractivity contribution in [2.75, 3.05) is 42.2 Å². The number of aromatic nitrogens is 3. The van der Waals surface area contributed by atoms with Gasteiger partial charge in [0.2, 0.25) is 21.8 Å². The average molecular weight is 657 g/mol. The van der Waals surface area contributed by atoms with E-state index >= 15 is 0 Å². The lowest BCUT2D eigenvalue weighted by molar-refractivity contribution is -0.114. The van der Waals surface area contributed by atoms with Gasteiger partial charge in [0.15, 0.2) is 5.82 Å². The lowest BCUT2D eigenvalue weighted by Gasteiger charge is -2.32. The van der Waals surface area contributed by atoms with E-state index in [2.05, 4.69) is 47.7 Å². The normalized spacial score (nSPS) is 16.4. The molecule has 2 aliphatic heterocycles. The maximum atomic E-state index is 12.6. The number of sulfonamides is 1. The number of rotatable bonds is 16. The number of hydrogen-bond acceptors (Lipinski definition) is 9. The Balaban J connectivity index is 1.60. The predicted octanol–water partition coefficient (Wildman–Crippen LogP) is 5.14. The second-order valence-corrected chi connectivity index (χ2v) is 15.5. The van der Waals surface area contributed by atoms with Gasteiger partial charge < -0.3 is 15.3 Å². The largest absolute Gasteiger partial charge is 0.396 e. The van der Waals surface area contributed by atoms with Crippen LogP contribution in [0.15, 0.2) is 22.2 Å². The van der Waals surface area contributed by atoms with E-state index in [0.29, 0.717) is 41.6 Å². The zero-order chi connectivity index (χ0) is 33.5. The molecule has 0 fully saturated rings. The van der Waals surface area contributed by atoms with Crippen molar-refractivity contribution in [3.8, 4) is 0 Å². The van der Waals surface area contributed by atoms with Gasteiger partial charge >= 0.3 is 0 Å². The molecule has 46 heavy (non-hydrogen) atoms. The number of amides is 1. The Morgan fingerprint density at radius 3 is 2.57 bits per heavy atom. The van der Waals surface area contributed by atoms with Crippen molar-refractivity contribution in [1.29, 1.82) is 0 Å². The maximum Gasteiger partial charge on any atom is 0.221 e. The molecule has 1 amide bonds. The Kier molecular flexibility index (Phi) is 12.1. The number of carbonyl (C=O) groups is 1. The van der Waals surface area contributed by atoms with E-state index in [-0.39, 0.29) is 36.1 Å². The summed E-state index contributed by atoms with van der Waals surface area (Å²) >= 11 is 0. The molecule has 0 aliphatic carbocycles. The number of benzene rings is 1. The molecular formula is C33H52N8O4S. The van der Waals surface area contributed by atoms with E-state index < -0.39 is 10.0 Å². The summed E-state index contributed by atoms with van der Waals surface area (Å²) < 4.78 is 28.0. The van der Waals surface area contributed by atoms with Gasteiger partial charge in [-0.25, -0.2) is 23.1 Å². The molecule has 3 heterocycles. The minimum atomic E-state index is -3.40. The van der Waals surface area contributed by atoms with Gasteiger partial charge in [-0.15, -0.1) is 9.89 Å². The van der Waals surface area contributed by atoms with Gasteiger partial charge in [0.25, 0.3) is 0 Å². The Morgan fingerprint density at radius 2 is 1.87 bits per heavy atom. The number of nitrogens with zero attached hydrogens (tertiary/aromatic N) is 6. The van der Waals surface area contributed by atoms with E-state index in [0.717, 1.165) is 68.6 Å². The van der Waals surface area contributed by atoms with Crippen molar-refractivity contribution in [2.45, 2.75) is 105 Å². The third-order valence-corrected chi connectivity index (χ3v) is 9.74. The highest BCUT2D eigenvalue weighted by molar-refractivity contribution is 7.89. The van der Waals surface area contributed by atoms with E-state index in [1.807, 2.05) is 19.1 Å². The summed E-state index contributed by atoms with van der Waals surface area (Å²) in [5.74, 6) is 0.599. The maximum absolute atomic E-state index is 12.6. The molecule has 1 unspecified atom stereocenters. The highest BCUT2D eigenvalue weighted by Gasteiger charge is 2.36. The summed E-state index contributed by atoms with van der Waals surface area (Å²) in [5.41, 5.74) is 4.30. The predicted molar refractivity (Wildman–Crippen MR) is 185 cm³/mol. The van der Waals surface area contributed by atoms with E-state index in [1.54, 1.807) is 0 Å². The Morgan fingerprint density at radius 1 is 1.13 bits per heavy atom. The number of aryl methyl sites for hydroxylation is 1. The SMILES string of the molecule is CCCCCCCCS(=O)(=O)NCC(C)c1nc2n(n1)N=C(C(C)(C)C)/C2=N/c1cc2c(cc1NC(C)=O)N(CCCO)CCC2. The number of aliphatic imine (C=N–C) groups is 1. The number of carbonyl (C=O) groups excluding carboxylic acids is 1. The van der Waals surface area contributed by atoms with Crippen LogP contribution in [0, 0.1) is 5.41 Å². The molecule has 1 aromatic carbocycles. The van der Waals surface area contributed by atoms with Crippen LogP contribution in [0.3, 0.4) is 0 Å². The van der Waals surface area contributed by atoms with Gasteiger partial charge in [-0.2, -0.15) is 5.10 Å². The first-order valence-corrected chi connectivity index (χ1v) is 18.4. The second-order valence-electron chi connectivity index (χ2n) is 13.5. The molecule has 2 aliphatic rings. The lowest BCUT2D eigenvalue weighted by Crippen LogP contribution is -2.31. The zero-order valence-corrected chi connectivity index (χ0v) is 29.2. The molecule has 0 spiro atoms. The van der Waals surface area contributed by atoms with Crippen LogP contribution in [0.4, 0.5) is 17.1 Å². The first-order valence-electron chi connectivity index (χ1n) is 16.8. The summed E-state index contributed by atoms with van der Waals surface area (Å²) in [5, 5.41) is 21.8. The van der Waals surface area contributed by atoms with Crippen LogP contribution in [-0.2, 0) is 21.2 Å². The molecule has 0 radical (unpaired) electrons. The van der Waals surface area contributed by atoms with Crippen molar-refractivity contribution in [1.82, 2.24) is 19.6 Å². The quantitative estimate of drug-likeness (QED) is 0.212. The molecule has 0 saturated carbocycles. The van der Waals surface area contributed by atoms with Crippen LogP contribution in [0.2, 0.25) is 0 Å². The zero-order valence-electron chi connectivity index (χ0n) is 28.4. The van der Waals surface area contributed by atoms with Crippen LogP contribution in [0.5, 0.6) is 0 Å². The third-order valence-electron chi connectivity index (χ3n) is 8.31. The van der Waals surface area contributed by atoms with Crippen LogP contribution < -0.4 is 14.9 Å². The molecule has 1 atom stereocenters. The summed E-state index contributed by atoms with van der Waals surface area (Å²) in [4.78, 5) is 25.9. The third kappa shape index (κ3) is 9.22. The van der Waals surface area contributed by atoms with Gasteiger partial charge in [-0.05, 0) is 43.4 Å². The average Bonchev–Trinajstić information content (AvgIpc) is 3.56. The van der Waals surface area contributed by atoms with Crippen molar-refractivity contribution >= 4 is 44.4 Å². The van der Waals surface area contributed by atoms with Crippen LogP contribution in [0.1, 0.15) is 116 Å². The van der Waals surface area contributed by atoms with E-state index in [1.165, 1.54) is 18.1 Å². The number of unbranched alkanes of at least 4 members (excludes halogenated alkanes) is 5. The Labute approximate surface area is 274 Å². The van der Waals surface area contributed by atoms with Crippen LogP contribution >= 0.6 is 0 Å². The van der Waals surface area contributed by atoms with Crippen molar-refractivity contribution in [3.63, 3.8) is 0 Å². The Bertz CT molecular complexity index is 1540. The van der Waals surface area contributed by atoms with Crippen molar-refractivity contribution < 1.29 is 18.3 Å². The number of hydrogen-bond donors (Lipinski definition) is 3. The van der Waals surface area contributed by atoms with Gasteiger partial charge in [-0.3, -0.25) is 4.79 Å². The van der Waals surface area contributed by atoms with E-state index in [9.17, 15) is 18.3 Å². The number of aliphatic hydroxyl groups excluding tert-OH is 1. The fraction of sp³-hybridized carbons (Fsp3) is 0.667. The number of fused-ring (bicyclic) bond motifs is 2. The number of anilines is 2. The van der Waals surface area contributed by atoms with Gasteiger partial charge in [-0.1, -0.05) is 66.7 Å². The molecule has 0 saturated heterocycles. The summed E-state index contributed by atoms with van der Waals surface area (Å²) in [7, 11) is -3.40. The van der Waals surface area contributed by atoms with Crippen molar-refractivity contribution in [2.24, 2.45) is 15.5 Å². The van der Waals surface area contributed by atoms with Gasteiger partial charge in [0.05, 0.1) is 22.8 Å². The minimum Gasteiger partial charge on any atom is -0.396 e. The molecule has 0 bridgehead atoms. The molecular weight excluding hydrogens is 604 g/mol. The van der Waals surface area contributed by atoms with Crippen molar-refractivity contribution in [3.05, 3.63) is 29.3 Å². The van der Waals surface area contributed by atoms with Crippen LogP contribution in [0.25, 0.3) is 0 Å². The smallest absolute Gasteiger partial charge is 0.221 e. The molecule has 1 aromatic heterocycles. The molecule has 254 valence electrons. The fourth-order valence-electron chi connectivity index (χ4n) is 5.78. The van der Waals surface area contributed by atoms with Gasteiger partial charge in [0.1, 0.15) is 5.71 Å². The second kappa shape index (κ2) is 15.6. The first-order chi connectivity index (χ1) is 21.8. The molecule has 4 rings (SSSR count).